The fourth-order valence-corrected chi connectivity index (χ4v) is 2.66. The van der Waals surface area contributed by atoms with E-state index < -0.39 is 24.2 Å². The van der Waals surface area contributed by atoms with Gasteiger partial charge in [0.15, 0.2) is 0 Å². The Balaban J connectivity index is 0.000000298. The molecule has 1 saturated heterocycles. The highest BCUT2D eigenvalue weighted by atomic mass is 19.4. The van der Waals surface area contributed by atoms with Crippen LogP contribution in [0.2, 0.25) is 0 Å². The SMILES string of the molecule is O=C(O)C(F)(F)F.O=C(O)[C@@H]1[C@@H](c2ccccc2)CN1Cc1ccco1. The lowest BCUT2D eigenvalue weighted by molar-refractivity contribution is -0.192. The first-order valence-electron chi connectivity index (χ1n) is 7.54. The van der Waals surface area contributed by atoms with E-state index in [-0.39, 0.29) is 5.92 Å². The average molecular weight is 371 g/mol. The monoisotopic (exact) mass is 371 g/mol. The summed E-state index contributed by atoms with van der Waals surface area (Å²) in [4.78, 5) is 22.3. The normalized spacial score (nSPS) is 19.8. The van der Waals surface area contributed by atoms with Gasteiger partial charge < -0.3 is 14.6 Å². The summed E-state index contributed by atoms with van der Waals surface area (Å²) < 4.78 is 37.0. The van der Waals surface area contributed by atoms with Gasteiger partial charge in [0.05, 0.1) is 12.8 Å². The van der Waals surface area contributed by atoms with Crippen LogP contribution >= 0.6 is 0 Å². The van der Waals surface area contributed by atoms with Crippen LogP contribution in [0.25, 0.3) is 0 Å². The average Bonchev–Trinajstić information content (AvgIpc) is 3.04. The lowest BCUT2D eigenvalue weighted by Gasteiger charge is -2.45. The van der Waals surface area contributed by atoms with Gasteiger partial charge in [-0.05, 0) is 17.7 Å². The van der Waals surface area contributed by atoms with Crippen molar-refractivity contribution in [3.05, 3.63) is 60.1 Å². The van der Waals surface area contributed by atoms with E-state index in [4.69, 9.17) is 14.3 Å². The number of carboxylic acid groups (broad SMARTS) is 2. The molecule has 1 aliphatic rings. The molecule has 0 aliphatic carbocycles. The van der Waals surface area contributed by atoms with Gasteiger partial charge >= 0.3 is 18.1 Å². The van der Waals surface area contributed by atoms with Crippen molar-refractivity contribution in [2.45, 2.75) is 24.7 Å². The van der Waals surface area contributed by atoms with Crippen LogP contribution in [-0.4, -0.2) is 45.8 Å². The smallest absolute Gasteiger partial charge is 0.480 e. The number of nitrogens with zero attached hydrogens (tertiary/aromatic N) is 1. The first kappa shape index (κ1) is 19.5. The number of halogens is 3. The van der Waals surface area contributed by atoms with Gasteiger partial charge in [-0.1, -0.05) is 30.3 Å². The minimum atomic E-state index is -5.08. The van der Waals surface area contributed by atoms with Gasteiger partial charge in [0.25, 0.3) is 0 Å². The Morgan fingerprint density at radius 1 is 1.12 bits per heavy atom. The number of rotatable bonds is 4. The highest BCUT2D eigenvalue weighted by Gasteiger charge is 2.44. The van der Waals surface area contributed by atoms with Crippen LogP contribution < -0.4 is 0 Å². The second-order valence-corrected chi connectivity index (χ2v) is 5.61. The maximum Gasteiger partial charge on any atom is 0.490 e. The van der Waals surface area contributed by atoms with Gasteiger partial charge in [-0.2, -0.15) is 13.2 Å². The Bertz CT molecular complexity index is 731. The topological polar surface area (TPSA) is 91.0 Å². The number of aliphatic carboxylic acids is 2. The van der Waals surface area contributed by atoms with Crippen LogP contribution in [0.1, 0.15) is 17.2 Å². The largest absolute Gasteiger partial charge is 0.490 e. The van der Waals surface area contributed by atoms with Gasteiger partial charge in [-0.15, -0.1) is 0 Å². The van der Waals surface area contributed by atoms with Crippen molar-refractivity contribution in [2.24, 2.45) is 0 Å². The van der Waals surface area contributed by atoms with Crippen molar-refractivity contribution >= 4 is 11.9 Å². The van der Waals surface area contributed by atoms with Crippen LogP contribution in [0.5, 0.6) is 0 Å². The molecule has 9 heteroatoms. The molecule has 0 radical (unpaired) electrons. The number of hydrogen-bond acceptors (Lipinski definition) is 4. The summed E-state index contributed by atoms with van der Waals surface area (Å²) in [5.74, 6) is -2.66. The third-order valence-electron chi connectivity index (χ3n) is 3.87. The maximum atomic E-state index is 11.4. The Morgan fingerprint density at radius 3 is 2.19 bits per heavy atom. The van der Waals surface area contributed by atoms with Crippen LogP contribution in [0.15, 0.2) is 53.1 Å². The molecule has 26 heavy (non-hydrogen) atoms. The Hall–Kier alpha value is -2.81. The van der Waals surface area contributed by atoms with Crippen LogP contribution in [-0.2, 0) is 16.1 Å². The molecule has 1 aromatic heterocycles. The Labute approximate surface area is 146 Å². The van der Waals surface area contributed by atoms with Gasteiger partial charge in [0.1, 0.15) is 11.8 Å². The van der Waals surface area contributed by atoms with Crippen molar-refractivity contribution in [1.29, 1.82) is 0 Å². The summed E-state index contributed by atoms with van der Waals surface area (Å²) in [7, 11) is 0. The summed E-state index contributed by atoms with van der Waals surface area (Å²) in [6.45, 7) is 1.30. The van der Waals surface area contributed by atoms with Gasteiger partial charge in [-0.25, -0.2) is 4.79 Å². The molecule has 0 bridgehead atoms. The maximum absolute atomic E-state index is 11.4. The molecule has 0 unspecified atom stereocenters. The molecule has 2 aromatic rings. The summed E-state index contributed by atoms with van der Waals surface area (Å²) in [5, 5.41) is 16.5. The molecular formula is C17H16F3NO5. The summed E-state index contributed by atoms with van der Waals surface area (Å²) in [5.41, 5.74) is 1.09. The van der Waals surface area contributed by atoms with E-state index in [9.17, 15) is 23.1 Å². The van der Waals surface area contributed by atoms with Gasteiger partial charge in [0, 0.05) is 12.5 Å². The molecule has 0 spiro atoms. The Kier molecular flexibility index (Phi) is 6.04. The van der Waals surface area contributed by atoms with Crippen molar-refractivity contribution in [2.75, 3.05) is 6.54 Å². The van der Waals surface area contributed by atoms with E-state index in [2.05, 4.69) is 0 Å². The third kappa shape index (κ3) is 4.85. The predicted octanol–water partition coefficient (Wildman–Crippen LogP) is 2.97. The highest BCUT2D eigenvalue weighted by molar-refractivity contribution is 5.76. The lowest BCUT2D eigenvalue weighted by atomic mass is 9.82. The van der Waals surface area contributed by atoms with Crippen LogP contribution in [0, 0.1) is 0 Å². The van der Waals surface area contributed by atoms with E-state index in [1.54, 1.807) is 6.26 Å². The van der Waals surface area contributed by atoms with Crippen molar-refractivity contribution < 1.29 is 37.4 Å². The number of alkyl halides is 3. The minimum Gasteiger partial charge on any atom is -0.480 e. The number of hydrogen-bond donors (Lipinski definition) is 2. The zero-order valence-corrected chi connectivity index (χ0v) is 13.4. The first-order chi connectivity index (χ1) is 12.2. The highest BCUT2D eigenvalue weighted by Crippen LogP contribution is 2.35. The third-order valence-corrected chi connectivity index (χ3v) is 3.87. The number of likely N-dealkylation sites (tertiary alicyclic amines) is 1. The second kappa shape index (κ2) is 8.05. The second-order valence-electron chi connectivity index (χ2n) is 5.61. The molecule has 140 valence electrons. The van der Waals surface area contributed by atoms with Crippen molar-refractivity contribution in [3.8, 4) is 0 Å². The van der Waals surface area contributed by atoms with Gasteiger partial charge in [-0.3, -0.25) is 9.69 Å². The lowest BCUT2D eigenvalue weighted by Crippen LogP contribution is -2.57. The van der Waals surface area contributed by atoms with Crippen LogP contribution in [0.3, 0.4) is 0 Å². The standard InChI is InChI=1S/C15H15NO3.C2HF3O2/c17-15(18)14-13(11-5-2-1-3-6-11)10-16(14)9-12-7-4-8-19-12;3-2(4,5)1(6)7/h1-8,13-14H,9-10H2,(H,17,18);(H,6,7)/t13-,14+;/m1./s1. The molecule has 3 rings (SSSR count). The van der Waals surface area contributed by atoms with E-state index in [0.29, 0.717) is 6.54 Å². The molecular weight excluding hydrogens is 355 g/mol. The minimum absolute atomic E-state index is 0.0636. The number of benzene rings is 1. The number of furan rings is 1. The molecule has 0 saturated carbocycles. The summed E-state index contributed by atoms with van der Waals surface area (Å²) >= 11 is 0. The Morgan fingerprint density at radius 2 is 1.73 bits per heavy atom. The van der Waals surface area contributed by atoms with E-state index in [1.165, 1.54) is 0 Å². The van der Waals surface area contributed by atoms with Crippen molar-refractivity contribution in [1.82, 2.24) is 4.90 Å². The molecule has 2 atom stereocenters. The first-order valence-corrected chi connectivity index (χ1v) is 7.54. The van der Waals surface area contributed by atoms with E-state index in [0.717, 1.165) is 17.9 Å². The molecule has 2 heterocycles. The van der Waals surface area contributed by atoms with E-state index in [1.807, 2.05) is 47.4 Å². The van der Waals surface area contributed by atoms with Crippen molar-refractivity contribution in [3.63, 3.8) is 0 Å². The molecule has 1 aliphatic heterocycles. The van der Waals surface area contributed by atoms with E-state index >= 15 is 0 Å². The molecule has 6 nitrogen and oxygen atoms in total. The number of carboxylic acids is 2. The summed E-state index contributed by atoms with van der Waals surface area (Å²) in [6.07, 6.45) is -3.47. The molecule has 1 fully saturated rings. The quantitative estimate of drug-likeness (QED) is 0.859. The fraction of sp³-hybridized carbons (Fsp3) is 0.294. The zero-order valence-electron chi connectivity index (χ0n) is 13.4. The van der Waals surface area contributed by atoms with Gasteiger partial charge in [0.2, 0.25) is 0 Å². The molecule has 2 N–H and O–H groups in total. The van der Waals surface area contributed by atoms with Crippen LogP contribution in [0.4, 0.5) is 13.2 Å². The summed E-state index contributed by atoms with van der Waals surface area (Å²) in [6, 6.07) is 13.0. The molecule has 1 aromatic carbocycles. The number of carbonyl (C=O) groups is 2. The molecule has 0 amide bonds. The fourth-order valence-electron chi connectivity index (χ4n) is 2.66. The predicted molar refractivity (Wildman–Crippen MR) is 83.4 cm³/mol. The zero-order chi connectivity index (χ0) is 19.3.